The van der Waals surface area contributed by atoms with Crippen LogP contribution in [-0.2, 0) is 6.42 Å². The molecule has 0 saturated heterocycles. The predicted molar refractivity (Wildman–Crippen MR) is 63.4 cm³/mol. The van der Waals surface area contributed by atoms with Crippen molar-refractivity contribution in [2.75, 3.05) is 6.54 Å². The molecule has 14 heavy (non-hydrogen) atoms. The third-order valence-corrected chi connectivity index (χ3v) is 3.44. The molecule has 0 aliphatic carbocycles. The highest BCUT2D eigenvalue weighted by Gasteiger charge is 2.19. The Morgan fingerprint density at radius 3 is 3.21 bits per heavy atom. The second kappa shape index (κ2) is 4.28. The van der Waals surface area contributed by atoms with Gasteiger partial charge in [0.2, 0.25) is 0 Å². The summed E-state index contributed by atoms with van der Waals surface area (Å²) in [6.07, 6.45) is 4.10. The van der Waals surface area contributed by atoms with Crippen molar-refractivity contribution in [3.63, 3.8) is 0 Å². The number of halogens is 1. The maximum Gasteiger partial charge on any atom is 0.0358 e. The first kappa shape index (κ1) is 9.94. The van der Waals surface area contributed by atoms with Gasteiger partial charge in [-0.05, 0) is 36.6 Å². The van der Waals surface area contributed by atoms with E-state index in [1.807, 2.05) is 6.08 Å². The van der Waals surface area contributed by atoms with Gasteiger partial charge in [0.25, 0.3) is 0 Å². The molecular weight excluding hydrogens is 238 g/mol. The molecule has 0 spiro atoms. The van der Waals surface area contributed by atoms with Gasteiger partial charge in [-0.1, -0.05) is 34.1 Å². The maximum absolute atomic E-state index is 3.80. The van der Waals surface area contributed by atoms with Crippen molar-refractivity contribution in [1.29, 1.82) is 0 Å². The molecular formula is C12H14BrN. The second-order valence-corrected chi connectivity index (χ2v) is 4.44. The molecule has 1 nitrogen and oxygen atoms in total. The van der Waals surface area contributed by atoms with Crippen LogP contribution >= 0.6 is 15.9 Å². The molecule has 0 bridgehead atoms. The van der Waals surface area contributed by atoms with E-state index in [1.165, 1.54) is 15.6 Å². The van der Waals surface area contributed by atoms with E-state index < -0.39 is 0 Å². The predicted octanol–water partition coefficient (Wildman–Crippen LogP) is 3.21. The molecule has 1 N–H and O–H groups in total. The zero-order chi connectivity index (χ0) is 9.97. The van der Waals surface area contributed by atoms with E-state index in [2.05, 4.69) is 46.0 Å². The summed E-state index contributed by atoms with van der Waals surface area (Å²) in [5.74, 6) is 0. The van der Waals surface area contributed by atoms with Crippen LogP contribution in [0.5, 0.6) is 0 Å². The van der Waals surface area contributed by atoms with Gasteiger partial charge in [-0.2, -0.15) is 0 Å². The Balaban J connectivity index is 2.39. The number of hydrogen-bond donors (Lipinski definition) is 1. The van der Waals surface area contributed by atoms with Crippen molar-refractivity contribution in [3.8, 4) is 0 Å². The van der Waals surface area contributed by atoms with Crippen molar-refractivity contribution in [2.45, 2.75) is 18.9 Å². The number of nitrogens with one attached hydrogen (secondary N) is 1. The minimum atomic E-state index is 0.453. The van der Waals surface area contributed by atoms with Gasteiger partial charge in [0.05, 0.1) is 0 Å². The number of benzene rings is 1. The number of fused-ring (bicyclic) bond motifs is 1. The van der Waals surface area contributed by atoms with Gasteiger partial charge in [0.15, 0.2) is 0 Å². The van der Waals surface area contributed by atoms with Crippen LogP contribution in [0.3, 0.4) is 0 Å². The van der Waals surface area contributed by atoms with Crippen LogP contribution in [0.4, 0.5) is 0 Å². The fourth-order valence-electron chi connectivity index (χ4n) is 2.02. The molecule has 0 radical (unpaired) electrons. The summed E-state index contributed by atoms with van der Waals surface area (Å²) in [6, 6.07) is 6.88. The van der Waals surface area contributed by atoms with E-state index in [9.17, 15) is 0 Å². The fourth-order valence-corrected chi connectivity index (χ4v) is 2.60. The van der Waals surface area contributed by atoms with Crippen LogP contribution in [0.2, 0.25) is 0 Å². The quantitative estimate of drug-likeness (QED) is 0.797. The standard InChI is InChI=1S/C12H14BrN/c1-2-4-12-10-5-3-6-11(13)9(10)7-8-14-12/h2-3,5-6,12,14H,1,4,7-8H2/t12-/m1/s1. The summed E-state index contributed by atoms with van der Waals surface area (Å²) in [6.45, 7) is 4.86. The fraction of sp³-hybridized carbons (Fsp3) is 0.333. The SMILES string of the molecule is C=CC[C@H]1NCCc2c(Br)cccc21. The number of rotatable bonds is 2. The lowest BCUT2D eigenvalue weighted by Gasteiger charge is -2.26. The highest BCUT2D eigenvalue weighted by Crippen LogP contribution is 2.30. The smallest absolute Gasteiger partial charge is 0.0358 e. The van der Waals surface area contributed by atoms with Gasteiger partial charge < -0.3 is 5.32 Å². The zero-order valence-corrected chi connectivity index (χ0v) is 9.68. The Morgan fingerprint density at radius 1 is 1.57 bits per heavy atom. The Bertz CT molecular complexity index is 346. The molecule has 0 amide bonds. The van der Waals surface area contributed by atoms with Gasteiger partial charge in [-0.3, -0.25) is 0 Å². The molecule has 1 aliphatic heterocycles. The van der Waals surface area contributed by atoms with Crippen molar-refractivity contribution in [2.24, 2.45) is 0 Å². The van der Waals surface area contributed by atoms with E-state index >= 15 is 0 Å². The lowest BCUT2D eigenvalue weighted by Crippen LogP contribution is -2.29. The van der Waals surface area contributed by atoms with E-state index in [0.717, 1.165) is 19.4 Å². The van der Waals surface area contributed by atoms with Gasteiger partial charge in [0.1, 0.15) is 0 Å². The lowest BCUT2D eigenvalue weighted by atomic mass is 9.93. The topological polar surface area (TPSA) is 12.0 Å². The van der Waals surface area contributed by atoms with Crippen LogP contribution in [0.25, 0.3) is 0 Å². The average molecular weight is 252 g/mol. The van der Waals surface area contributed by atoms with Crippen LogP contribution < -0.4 is 5.32 Å². The average Bonchev–Trinajstić information content (AvgIpc) is 2.20. The summed E-state index contributed by atoms with van der Waals surface area (Å²) < 4.78 is 1.24. The van der Waals surface area contributed by atoms with E-state index in [0.29, 0.717) is 6.04 Å². The van der Waals surface area contributed by atoms with Crippen LogP contribution in [0.1, 0.15) is 23.6 Å². The first-order valence-electron chi connectivity index (χ1n) is 4.94. The lowest BCUT2D eigenvalue weighted by molar-refractivity contribution is 0.509. The van der Waals surface area contributed by atoms with Crippen LogP contribution in [0.15, 0.2) is 35.3 Å². The van der Waals surface area contributed by atoms with Gasteiger partial charge >= 0.3 is 0 Å². The molecule has 0 unspecified atom stereocenters. The largest absolute Gasteiger partial charge is 0.309 e. The molecule has 2 rings (SSSR count). The molecule has 1 atom stereocenters. The van der Waals surface area contributed by atoms with E-state index in [-0.39, 0.29) is 0 Å². The minimum absolute atomic E-state index is 0.453. The Morgan fingerprint density at radius 2 is 2.43 bits per heavy atom. The first-order chi connectivity index (χ1) is 6.83. The monoisotopic (exact) mass is 251 g/mol. The summed E-state index contributed by atoms with van der Waals surface area (Å²) in [7, 11) is 0. The Labute approximate surface area is 93.3 Å². The van der Waals surface area contributed by atoms with Crippen LogP contribution in [0, 0.1) is 0 Å². The van der Waals surface area contributed by atoms with E-state index in [4.69, 9.17) is 0 Å². The molecule has 1 aromatic rings. The molecule has 0 fully saturated rings. The molecule has 2 heteroatoms. The summed E-state index contributed by atoms with van der Waals surface area (Å²) >= 11 is 3.61. The third-order valence-electron chi connectivity index (χ3n) is 2.70. The summed E-state index contributed by atoms with van der Waals surface area (Å²) in [5.41, 5.74) is 2.88. The second-order valence-electron chi connectivity index (χ2n) is 3.59. The van der Waals surface area contributed by atoms with Crippen molar-refractivity contribution < 1.29 is 0 Å². The minimum Gasteiger partial charge on any atom is -0.309 e. The van der Waals surface area contributed by atoms with Crippen molar-refractivity contribution in [3.05, 3.63) is 46.5 Å². The summed E-state index contributed by atoms with van der Waals surface area (Å²) in [4.78, 5) is 0. The Kier molecular flexibility index (Phi) is 3.04. The third kappa shape index (κ3) is 1.77. The normalized spacial score (nSPS) is 20.2. The number of hydrogen-bond acceptors (Lipinski definition) is 1. The van der Waals surface area contributed by atoms with Crippen molar-refractivity contribution >= 4 is 15.9 Å². The van der Waals surface area contributed by atoms with Crippen molar-refractivity contribution in [1.82, 2.24) is 5.32 Å². The highest BCUT2D eigenvalue weighted by atomic mass is 79.9. The first-order valence-corrected chi connectivity index (χ1v) is 5.74. The molecule has 0 saturated carbocycles. The molecule has 74 valence electrons. The van der Waals surface area contributed by atoms with Gasteiger partial charge in [-0.25, -0.2) is 0 Å². The molecule has 1 aromatic carbocycles. The molecule has 0 aromatic heterocycles. The molecule has 1 aliphatic rings. The maximum atomic E-state index is 3.80. The summed E-state index contributed by atoms with van der Waals surface area (Å²) in [5, 5.41) is 3.51. The highest BCUT2D eigenvalue weighted by molar-refractivity contribution is 9.10. The molecule has 1 heterocycles. The van der Waals surface area contributed by atoms with Gasteiger partial charge in [-0.15, -0.1) is 6.58 Å². The van der Waals surface area contributed by atoms with Gasteiger partial charge in [0, 0.05) is 10.5 Å². The van der Waals surface area contributed by atoms with E-state index in [1.54, 1.807) is 0 Å². The Hall–Kier alpha value is -0.600. The van der Waals surface area contributed by atoms with Crippen LogP contribution in [-0.4, -0.2) is 6.54 Å². The zero-order valence-electron chi connectivity index (χ0n) is 8.09.